The zero-order valence-corrected chi connectivity index (χ0v) is 31.3. The van der Waals surface area contributed by atoms with E-state index in [1.165, 1.54) is 24.5 Å². The molecule has 5 aliphatic rings. The fraction of sp³-hybridized carbons (Fsp3) is 0.686. The van der Waals surface area contributed by atoms with Crippen LogP contribution in [0.25, 0.3) is 0 Å². The Labute approximate surface area is 302 Å². The smallest absolute Gasteiger partial charge is 0.281 e. The molecule has 50 heavy (non-hydrogen) atoms. The number of carbonyl (C=O) groups excluding carboxylic acids is 1. The number of fused-ring (bicyclic) bond motifs is 1. The minimum absolute atomic E-state index is 0. The molecule has 6 heterocycles. The second-order valence-electron chi connectivity index (χ2n) is 15.5. The van der Waals surface area contributed by atoms with Crippen LogP contribution in [0, 0.1) is 29.0 Å². The van der Waals surface area contributed by atoms with E-state index in [1.807, 2.05) is 27.7 Å². The van der Waals surface area contributed by atoms with Crippen molar-refractivity contribution >= 4 is 34.3 Å². The molecule has 7 rings (SSSR count). The van der Waals surface area contributed by atoms with Crippen molar-refractivity contribution in [1.82, 2.24) is 33.7 Å². The predicted octanol–water partition coefficient (Wildman–Crippen LogP) is 3.71. The lowest BCUT2D eigenvalue weighted by molar-refractivity contribution is -0.0412. The lowest BCUT2D eigenvalue weighted by Crippen LogP contribution is -2.62. The topological polar surface area (TPSA) is 114 Å². The van der Waals surface area contributed by atoms with E-state index in [9.17, 15) is 17.6 Å². The summed E-state index contributed by atoms with van der Waals surface area (Å²) in [6.07, 6.45) is 5.97. The molecule has 5 fully saturated rings. The average molecular weight is 735 g/mol. The summed E-state index contributed by atoms with van der Waals surface area (Å²) < 4.78 is 51.0. The van der Waals surface area contributed by atoms with E-state index in [1.54, 1.807) is 19.7 Å². The Kier molecular flexibility index (Phi) is 11.0. The highest BCUT2D eigenvalue weighted by Gasteiger charge is 2.49. The van der Waals surface area contributed by atoms with Crippen molar-refractivity contribution in [2.75, 3.05) is 76.9 Å². The molecule has 1 aromatic heterocycles. The van der Waals surface area contributed by atoms with Crippen molar-refractivity contribution in [2.24, 2.45) is 23.2 Å². The summed E-state index contributed by atoms with van der Waals surface area (Å²) in [4.78, 5) is 28.8. The number of hydrogen-bond donors (Lipinski definition) is 1. The van der Waals surface area contributed by atoms with E-state index in [-0.39, 0.29) is 47.1 Å². The first-order valence-electron chi connectivity index (χ1n) is 18.0. The monoisotopic (exact) mass is 734 g/mol. The molecule has 1 aromatic carbocycles. The predicted molar refractivity (Wildman–Crippen MR) is 193 cm³/mol. The van der Waals surface area contributed by atoms with E-state index >= 15 is 0 Å². The summed E-state index contributed by atoms with van der Waals surface area (Å²) in [5.41, 5.74) is 0.386. The van der Waals surface area contributed by atoms with E-state index in [0.29, 0.717) is 55.5 Å². The zero-order chi connectivity index (χ0) is 34.5. The van der Waals surface area contributed by atoms with Gasteiger partial charge in [-0.2, -0.15) is 17.0 Å². The molecule has 276 valence electrons. The molecule has 1 spiro atoms. The van der Waals surface area contributed by atoms with Gasteiger partial charge in [0.2, 0.25) is 0 Å². The van der Waals surface area contributed by atoms with Crippen molar-refractivity contribution in [2.45, 2.75) is 59.0 Å². The van der Waals surface area contributed by atoms with Gasteiger partial charge in [0.15, 0.2) is 11.6 Å². The van der Waals surface area contributed by atoms with E-state index in [2.05, 4.69) is 25.1 Å². The Bertz CT molecular complexity index is 1610. The maximum Gasteiger partial charge on any atom is 0.281 e. The number of halogens is 2. The number of nitrogens with one attached hydrogen (secondary N) is 1. The van der Waals surface area contributed by atoms with Crippen LogP contribution in [0.5, 0.6) is 11.5 Å². The fourth-order valence-corrected chi connectivity index (χ4v) is 10.7. The van der Waals surface area contributed by atoms with Crippen molar-refractivity contribution in [3.63, 3.8) is 0 Å². The second kappa shape index (κ2) is 14.8. The molecule has 15 heteroatoms. The molecule has 0 saturated carbocycles. The number of aromatic nitrogens is 2. The molecule has 5 saturated heterocycles. The number of nitrogens with zero attached hydrogens (tertiary/aromatic N) is 7. The van der Waals surface area contributed by atoms with Gasteiger partial charge in [0.05, 0.1) is 11.8 Å². The Morgan fingerprint density at radius 2 is 1.70 bits per heavy atom. The fourth-order valence-electron chi connectivity index (χ4n) is 8.94. The van der Waals surface area contributed by atoms with Crippen LogP contribution < -0.4 is 15.0 Å². The van der Waals surface area contributed by atoms with Crippen LogP contribution in [0.1, 0.15) is 57.3 Å². The molecule has 3 atom stereocenters. The molecule has 5 aliphatic heterocycles. The van der Waals surface area contributed by atoms with Gasteiger partial charge in [-0.1, -0.05) is 0 Å². The number of hydrogen-bond acceptors (Lipinski definition) is 9. The quantitative estimate of drug-likeness (QED) is 0.391. The van der Waals surface area contributed by atoms with Gasteiger partial charge in [-0.05, 0) is 101 Å². The molecule has 0 unspecified atom stereocenters. The minimum atomic E-state index is -3.38. The highest BCUT2D eigenvalue weighted by molar-refractivity contribution is 7.86. The number of carbonyl (C=O) groups is 1. The Morgan fingerprint density at radius 3 is 2.36 bits per heavy atom. The second-order valence-corrected chi connectivity index (χ2v) is 17.5. The van der Waals surface area contributed by atoms with Gasteiger partial charge in [0.1, 0.15) is 17.9 Å². The lowest BCUT2D eigenvalue weighted by atomic mass is 9.72. The first-order valence-corrected chi connectivity index (χ1v) is 19.4. The summed E-state index contributed by atoms with van der Waals surface area (Å²) in [5.74, 6) is 1.95. The standard InChI is InChI=1S/C35H51FN8O4S.ClH/c1-24(2)44(25(3)4)34(45)30-13-29(36)5-6-31(30)48-32-16-38-23-39-33(32)41-10-7-26(18-41)17-40-21-35(22-40)8-11-42(12-9-35)49(46,47)43-19-27-14-37-15-28(27)20-43;/h5-6,13,16,23-28,37H,7-12,14-15,17-22H2,1-4H3;1H/t26-,27-,28+;/m0./s1. The van der Waals surface area contributed by atoms with Crippen LogP contribution in [0.3, 0.4) is 0 Å². The van der Waals surface area contributed by atoms with Gasteiger partial charge in [-0.3, -0.25) is 4.79 Å². The van der Waals surface area contributed by atoms with Gasteiger partial charge in [-0.25, -0.2) is 14.4 Å². The Hall–Kier alpha value is -2.62. The van der Waals surface area contributed by atoms with Gasteiger partial charge in [0, 0.05) is 71.0 Å². The number of anilines is 1. The molecular formula is C35H52ClFN8O4S. The van der Waals surface area contributed by atoms with Crippen molar-refractivity contribution in [3.05, 3.63) is 42.1 Å². The van der Waals surface area contributed by atoms with E-state index < -0.39 is 16.0 Å². The first-order chi connectivity index (χ1) is 23.4. The van der Waals surface area contributed by atoms with Crippen LogP contribution in [-0.4, -0.2) is 127 Å². The SMILES string of the molecule is CC(C)N(C(=O)c1cc(F)ccc1Oc1cncnc1N1CC[C@@H](CN2CC3(CCN(S(=O)(=O)N4C[C@H]5CNC[C@H]5C4)CC3)C2)C1)C(C)C.Cl. The number of piperidine rings is 1. The van der Waals surface area contributed by atoms with Gasteiger partial charge < -0.3 is 24.8 Å². The zero-order valence-electron chi connectivity index (χ0n) is 29.6. The average Bonchev–Trinajstić information content (AvgIpc) is 3.79. The largest absolute Gasteiger partial charge is 0.451 e. The van der Waals surface area contributed by atoms with E-state index in [0.717, 1.165) is 65.1 Å². The first kappa shape index (κ1) is 37.1. The molecule has 0 aliphatic carbocycles. The summed E-state index contributed by atoms with van der Waals surface area (Å²) in [7, 11) is -3.38. The molecule has 1 amide bonds. The number of amides is 1. The summed E-state index contributed by atoms with van der Waals surface area (Å²) in [6.45, 7) is 16.8. The maximum absolute atomic E-state index is 14.4. The van der Waals surface area contributed by atoms with Crippen molar-refractivity contribution in [1.29, 1.82) is 0 Å². The molecule has 1 N–H and O–H groups in total. The van der Waals surface area contributed by atoms with Gasteiger partial charge in [-0.15, -0.1) is 12.4 Å². The van der Waals surface area contributed by atoms with Crippen LogP contribution in [0.4, 0.5) is 10.2 Å². The molecule has 0 bridgehead atoms. The third-order valence-corrected chi connectivity index (χ3v) is 13.4. The van der Waals surface area contributed by atoms with Crippen molar-refractivity contribution in [3.8, 4) is 11.5 Å². The molecule has 2 aromatic rings. The normalized spacial score (nSPS) is 25.6. The maximum atomic E-state index is 14.4. The van der Waals surface area contributed by atoms with Gasteiger partial charge in [0.25, 0.3) is 16.1 Å². The molecular weight excluding hydrogens is 683 g/mol. The van der Waals surface area contributed by atoms with E-state index in [4.69, 9.17) is 4.74 Å². The van der Waals surface area contributed by atoms with Crippen LogP contribution >= 0.6 is 12.4 Å². The number of ether oxygens (including phenoxy) is 1. The third kappa shape index (κ3) is 7.34. The number of rotatable bonds is 10. The molecule has 12 nitrogen and oxygen atoms in total. The lowest BCUT2D eigenvalue weighted by Gasteiger charge is -2.54. The highest BCUT2D eigenvalue weighted by Crippen LogP contribution is 2.43. The van der Waals surface area contributed by atoms with Crippen LogP contribution in [0.15, 0.2) is 30.7 Å². The summed E-state index contributed by atoms with van der Waals surface area (Å²) in [6, 6.07) is 3.91. The summed E-state index contributed by atoms with van der Waals surface area (Å²) in [5, 5.41) is 3.39. The summed E-state index contributed by atoms with van der Waals surface area (Å²) >= 11 is 0. The Balaban J connectivity index is 0.00000432. The Morgan fingerprint density at radius 1 is 1.02 bits per heavy atom. The van der Waals surface area contributed by atoms with Gasteiger partial charge >= 0.3 is 0 Å². The number of likely N-dealkylation sites (tertiary alicyclic amines) is 1. The third-order valence-electron chi connectivity index (χ3n) is 11.4. The molecule has 0 radical (unpaired) electrons. The highest BCUT2D eigenvalue weighted by atomic mass is 35.5. The van der Waals surface area contributed by atoms with Crippen LogP contribution in [0.2, 0.25) is 0 Å². The minimum Gasteiger partial charge on any atom is -0.451 e. The number of benzene rings is 1. The van der Waals surface area contributed by atoms with Crippen molar-refractivity contribution < 1.29 is 22.3 Å². The van der Waals surface area contributed by atoms with Crippen LogP contribution in [-0.2, 0) is 10.2 Å².